The molecule has 72 valence electrons. The Morgan fingerprint density at radius 2 is 2.15 bits per heavy atom. The molecule has 0 aliphatic heterocycles. The first kappa shape index (κ1) is 9.75. The van der Waals surface area contributed by atoms with Crippen molar-refractivity contribution < 1.29 is 13.5 Å². The summed E-state index contributed by atoms with van der Waals surface area (Å²) in [6, 6.07) is 2.87. The lowest BCUT2D eigenvalue weighted by Crippen LogP contribution is -2.22. The van der Waals surface area contributed by atoms with Crippen molar-refractivity contribution in [2.24, 2.45) is 5.14 Å². The maximum Gasteiger partial charge on any atom is 0.297 e. The molecule has 7 heteroatoms. The number of nitrogens with two attached hydrogens (primary N) is 1. The van der Waals surface area contributed by atoms with Gasteiger partial charge in [0.25, 0.3) is 10.2 Å². The fraction of sp³-hybridized carbons (Fsp3) is 0.167. The lowest BCUT2D eigenvalue weighted by atomic mass is 10.3. The van der Waals surface area contributed by atoms with Crippen molar-refractivity contribution in [2.75, 3.05) is 4.72 Å². The monoisotopic (exact) mass is 203 g/mol. The Bertz CT molecular complexity index is 415. The highest BCUT2D eigenvalue weighted by Gasteiger charge is 2.08. The van der Waals surface area contributed by atoms with Crippen molar-refractivity contribution in [3.8, 4) is 5.75 Å². The zero-order valence-electron chi connectivity index (χ0n) is 6.85. The van der Waals surface area contributed by atoms with E-state index in [1.54, 1.807) is 13.0 Å². The minimum absolute atomic E-state index is 0.164. The van der Waals surface area contributed by atoms with Crippen LogP contribution in [0.25, 0.3) is 0 Å². The molecule has 1 aromatic rings. The van der Waals surface area contributed by atoms with Gasteiger partial charge in [0.2, 0.25) is 0 Å². The van der Waals surface area contributed by atoms with Crippen LogP contribution >= 0.6 is 0 Å². The first-order valence-corrected chi connectivity index (χ1v) is 4.90. The molecule has 1 aromatic heterocycles. The van der Waals surface area contributed by atoms with Gasteiger partial charge in [-0.05, 0) is 19.1 Å². The molecule has 0 aliphatic rings. The van der Waals surface area contributed by atoms with Crippen LogP contribution in [0.1, 0.15) is 5.69 Å². The molecule has 0 aliphatic carbocycles. The number of hydrogen-bond acceptors (Lipinski definition) is 4. The predicted molar refractivity (Wildman–Crippen MR) is 47.4 cm³/mol. The molecule has 0 amide bonds. The van der Waals surface area contributed by atoms with Crippen LogP contribution in [0.4, 0.5) is 5.82 Å². The van der Waals surface area contributed by atoms with E-state index in [-0.39, 0.29) is 11.6 Å². The van der Waals surface area contributed by atoms with Gasteiger partial charge in [0.15, 0.2) is 11.6 Å². The van der Waals surface area contributed by atoms with Crippen molar-refractivity contribution in [1.82, 2.24) is 4.98 Å². The van der Waals surface area contributed by atoms with E-state index < -0.39 is 10.2 Å². The van der Waals surface area contributed by atoms with Crippen LogP contribution in [0.15, 0.2) is 12.1 Å². The van der Waals surface area contributed by atoms with Crippen molar-refractivity contribution in [2.45, 2.75) is 6.92 Å². The first-order chi connectivity index (χ1) is 5.88. The molecule has 1 rings (SSSR count). The molecule has 1 heterocycles. The van der Waals surface area contributed by atoms with Crippen molar-refractivity contribution in [3.05, 3.63) is 17.8 Å². The van der Waals surface area contributed by atoms with E-state index in [2.05, 4.69) is 4.98 Å². The average Bonchev–Trinajstić information content (AvgIpc) is 1.94. The highest BCUT2D eigenvalue weighted by atomic mass is 32.2. The lowest BCUT2D eigenvalue weighted by Gasteiger charge is -2.04. The molecule has 0 bridgehead atoms. The summed E-state index contributed by atoms with van der Waals surface area (Å²) in [6.07, 6.45) is 0. The molecule has 0 saturated heterocycles. The second-order valence-corrected chi connectivity index (χ2v) is 3.76. The normalized spacial score (nSPS) is 11.2. The Morgan fingerprint density at radius 3 is 2.69 bits per heavy atom. The van der Waals surface area contributed by atoms with Gasteiger partial charge >= 0.3 is 0 Å². The second kappa shape index (κ2) is 3.19. The summed E-state index contributed by atoms with van der Waals surface area (Å²) < 4.78 is 23.0. The van der Waals surface area contributed by atoms with Gasteiger partial charge in [-0.1, -0.05) is 0 Å². The van der Waals surface area contributed by atoms with E-state index in [4.69, 9.17) is 10.2 Å². The van der Waals surface area contributed by atoms with Crippen LogP contribution in [0.2, 0.25) is 0 Å². The van der Waals surface area contributed by atoms with E-state index in [1.807, 2.05) is 4.72 Å². The molecule has 0 atom stereocenters. The van der Waals surface area contributed by atoms with Crippen molar-refractivity contribution in [3.63, 3.8) is 0 Å². The topological polar surface area (TPSA) is 105 Å². The van der Waals surface area contributed by atoms with Crippen LogP contribution in [-0.4, -0.2) is 18.5 Å². The Hall–Kier alpha value is -1.34. The molecular weight excluding hydrogens is 194 g/mol. The van der Waals surface area contributed by atoms with Crippen LogP contribution in [0.5, 0.6) is 5.75 Å². The van der Waals surface area contributed by atoms with Gasteiger partial charge in [0.05, 0.1) is 0 Å². The van der Waals surface area contributed by atoms with Gasteiger partial charge in [-0.2, -0.15) is 8.42 Å². The van der Waals surface area contributed by atoms with Gasteiger partial charge in [-0.15, -0.1) is 0 Å². The highest BCUT2D eigenvalue weighted by Crippen LogP contribution is 2.20. The summed E-state index contributed by atoms with van der Waals surface area (Å²) in [5, 5.41) is 13.8. The minimum atomic E-state index is -3.89. The third kappa shape index (κ3) is 2.88. The largest absolute Gasteiger partial charge is 0.504 e. The Balaban J connectivity index is 3.08. The molecule has 0 spiro atoms. The number of nitrogens with one attached hydrogen (secondary N) is 1. The SMILES string of the molecule is Cc1ccc(O)c(NS(N)(=O)=O)n1. The molecule has 0 saturated carbocycles. The summed E-state index contributed by atoms with van der Waals surface area (Å²) in [5.41, 5.74) is 0.573. The van der Waals surface area contributed by atoms with Gasteiger partial charge in [0, 0.05) is 5.69 Å². The molecular formula is C6H9N3O3S. The third-order valence-corrected chi connectivity index (χ3v) is 1.73. The molecule has 0 radical (unpaired) electrons. The highest BCUT2D eigenvalue weighted by molar-refractivity contribution is 7.90. The van der Waals surface area contributed by atoms with Crippen LogP contribution in [-0.2, 0) is 10.2 Å². The number of anilines is 1. The fourth-order valence-electron chi connectivity index (χ4n) is 0.759. The summed E-state index contributed by atoms with van der Waals surface area (Å²) in [7, 11) is -3.89. The zero-order valence-corrected chi connectivity index (χ0v) is 7.67. The number of hydrogen-bond donors (Lipinski definition) is 3. The number of aromatic hydroxyl groups is 1. The van der Waals surface area contributed by atoms with E-state index in [0.717, 1.165) is 0 Å². The van der Waals surface area contributed by atoms with Crippen molar-refractivity contribution >= 4 is 16.0 Å². The Morgan fingerprint density at radius 1 is 1.54 bits per heavy atom. The van der Waals surface area contributed by atoms with E-state index in [1.165, 1.54) is 6.07 Å². The number of nitrogens with zero attached hydrogens (tertiary/aromatic N) is 1. The molecule has 13 heavy (non-hydrogen) atoms. The van der Waals surface area contributed by atoms with E-state index in [0.29, 0.717) is 5.69 Å². The quantitative estimate of drug-likeness (QED) is 0.614. The predicted octanol–water partition coefficient (Wildman–Crippen LogP) is -0.289. The van der Waals surface area contributed by atoms with Crippen LogP contribution < -0.4 is 9.86 Å². The van der Waals surface area contributed by atoms with Gasteiger partial charge in [0.1, 0.15) is 0 Å². The Kier molecular flexibility index (Phi) is 2.39. The van der Waals surface area contributed by atoms with E-state index in [9.17, 15) is 8.42 Å². The maximum atomic E-state index is 10.6. The summed E-state index contributed by atoms with van der Waals surface area (Å²) in [6.45, 7) is 1.66. The zero-order chi connectivity index (χ0) is 10.1. The second-order valence-electron chi connectivity index (χ2n) is 2.47. The molecule has 0 aromatic carbocycles. The standard InChI is InChI=1S/C6H9N3O3S/c1-4-2-3-5(10)6(8-4)9-13(7,11)12/h2-3,10H,1H3,(H,8,9)(H2,7,11,12). The van der Waals surface area contributed by atoms with Gasteiger partial charge in [-0.25, -0.2) is 10.1 Å². The number of pyridine rings is 1. The third-order valence-electron chi connectivity index (χ3n) is 1.25. The van der Waals surface area contributed by atoms with Gasteiger partial charge < -0.3 is 5.11 Å². The number of aryl methyl sites for hydroxylation is 1. The summed E-state index contributed by atoms with van der Waals surface area (Å²) in [5.74, 6) is -0.429. The average molecular weight is 203 g/mol. The molecule has 0 unspecified atom stereocenters. The van der Waals surface area contributed by atoms with Crippen LogP contribution in [0.3, 0.4) is 0 Å². The molecule has 0 fully saturated rings. The van der Waals surface area contributed by atoms with E-state index >= 15 is 0 Å². The summed E-state index contributed by atoms with van der Waals surface area (Å²) in [4.78, 5) is 3.74. The first-order valence-electron chi connectivity index (χ1n) is 3.35. The minimum Gasteiger partial charge on any atom is -0.504 e. The molecule has 6 nitrogen and oxygen atoms in total. The maximum absolute atomic E-state index is 10.6. The van der Waals surface area contributed by atoms with Crippen molar-refractivity contribution in [1.29, 1.82) is 0 Å². The number of rotatable bonds is 2. The smallest absolute Gasteiger partial charge is 0.297 e. The lowest BCUT2D eigenvalue weighted by molar-refractivity contribution is 0.475. The van der Waals surface area contributed by atoms with Crippen LogP contribution in [0, 0.1) is 6.92 Å². The molecule has 4 N–H and O–H groups in total. The van der Waals surface area contributed by atoms with Gasteiger partial charge in [-0.3, -0.25) is 4.72 Å². The number of aromatic nitrogens is 1. The fourth-order valence-corrected chi connectivity index (χ4v) is 1.18. The summed E-state index contributed by atoms with van der Waals surface area (Å²) >= 11 is 0. The Labute approximate surface area is 75.6 Å².